The summed E-state index contributed by atoms with van der Waals surface area (Å²) in [7, 11) is 0. The van der Waals surface area contributed by atoms with Crippen LogP contribution in [0.15, 0.2) is 57.4 Å². The van der Waals surface area contributed by atoms with Gasteiger partial charge in [-0.2, -0.15) is 0 Å². The van der Waals surface area contributed by atoms with E-state index in [1.807, 2.05) is 30.3 Å². The average Bonchev–Trinajstić information content (AvgIpc) is 2.77. The van der Waals surface area contributed by atoms with Gasteiger partial charge in [-0.15, -0.1) is 0 Å². The number of anilines is 1. The first-order valence-electron chi connectivity index (χ1n) is 6.03. The normalized spacial score (nSPS) is 11.6. The van der Waals surface area contributed by atoms with Crippen molar-refractivity contribution >= 4 is 54.3 Å². The van der Waals surface area contributed by atoms with Gasteiger partial charge in [0, 0.05) is 22.5 Å². The van der Waals surface area contributed by atoms with Gasteiger partial charge in [0.1, 0.15) is 11.2 Å². The Balaban J connectivity index is 2.29. The van der Waals surface area contributed by atoms with Gasteiger partial charge in [-0.25, -0.2) is 0 Å². The summed E-state index contributed by atoms with van der Waals surface area (Å²) < 4.78 is 6.94. The summed E-state index contributed by atoms with van der Waals surface area (Å²) in [6.07, 6.45) is 0. The number of fused-ring (bicyclic) bond motifs is 4. The highest BCUT2D eigenvalue weighted by atomic mass is 79.9. The number of benzene rings is 3. The maximum Gasteiger partial charge on any atom is 0.150 e. The molecule has 4 aromatic rings. The number of hydrogen-bond donors (Lipinski definition) is 1. The molecule has 3 aromatic carbocycles. The molecule has 0 atom stereocenters. The third-order valence-corrected chi connectivity index (χ3v) is 4.24. The number of rotatable bonds is 0. The first-order valence-corrected chi connectivity index (χ1v) is 6.82. The molecule has 92 valence electrons. The lowest BCUT2D eigenvalue weighted by Gasteiger charge is -2.01. The van der Waals surface area contributed by atoms with Crippen LogP contribution in [-0.4, -0.2) is 0 Å². The van der Waals surface area contributed by atoms with E-state index in [2.05, 4.69) is 34.1 Å². The van der Waals surface area contributed by atoms with Crippen LogP contribution in [-0.2, 0) is 0 Å². The van der Waals surface area contributed by atoms with Crippen molar-refractivity contribution in [3.05, 3.63) is 53.0 Å². The van der Waals surface area contributed by atoms with E-state index in [1.165, 1.54) is 5.39 Å². The first-order chi connectivity index (χ1) is 9.24. The lowest BCUT2D eigenvalue weighted by Crippen LogP contribution is -1.81. The third-order valence-electron chi connectivity index (χ3n) is 3.45. The summed E-state index contributed by atoms with van der Waals surface area (Å²) in [5, 5.41) is 4.56. The molecular formula is C16H10BrNO. The number of halogens is 1. The fraction of sp³-hybridized carbons (Fsp3) is 0. The monoisotopic (exact) mass is 311 g/mol. The average molecular weight is 312 g/mol. The Bertz CT molecular complexity index is 940. The summed E-state index contributed by atoms with van der Waals surface area (Å²) in [6.45, 7) is 0. The second-order valence-corrected chi connectivity index (χ2v) is 5.44. The Hall–Kier alpha value is -2.00. The fourth-order valence-corrected chi connectivity index (χ4v) is 3.20. The quantitative estimate of drug-likeness (QED) is 0.460. The van der Waals surface area contributed by atoms with Crippen LogP contribution in [0.4, 0.5) is 5.69 Å². The van der Waals surface area contributed by atoms with Crippen molar-refractivity contribution in [3.63, 3.8) is 0 Å². The largest absolute Gasteiger partial charge is 0.455 e. The van der Waals surface area contributed by atoms with E-state index in [-0.39, 0.29) is 0 Å². The molecule has 0 aliphatic heterocycles. The van der Waals surface area contributed by atoms with Crippen molar-refractivity contribution in [2.45, 2.75) is 0 Å². The zero-order chi connectivity index (χ0) is 13.0. The van der Waals surface area contributed by atoms with Gasteiger partial charge in [0.15, 0.2) is 0 Å². The van der Waals surface area contributed by atoms with Crippen LogP contribution in [0.25, 0.3) is 32.7 Å². The molecule has 4 rings (SSSR count). The lowest BCUT2D eigenvalue weighted by molar-refractivity contribution is 0.667. The summed E-state index contributed by atoms with van der Waals surface area (Å²) in [4.78, 5) is 0. The Kier molecular flexibility index (Phi) is 2.15. The smallest absolute Gasteiger partial charge is 0.150 e. The van der Waals surface area contributed by atoms with Gasteiger partial charge in [0.05, 0.1) is 4.47 Å². The highest BCUT2D eigenvalue weighted by Crippen LogP contribution is 2.38. The Morgan fingerprint density at radius 2 is 1.74 bits per heavy atom. The van der Waals surface area contributed by atoms with E-state index in [1.54, 1.807) is 0 Å². The van der Waals surface area contributed by atoms with Crippen LogP contribution in [0.1, 0.15) is 0 Å². The Labute approximate surface area is 117 Å². The van der Waals surface area contributed by atoms with Crippen molar-refractivity contribution in [3.8, 4) is 0 Å². The lowest BCUT2D eigenvalue weighted by atomic mass is 10.1. The molecular weight excluding hydrogens is 302 g/mol. The first kappa shape index (κ1) is 10.9. The zero-order valence-corrected chi connectivity index (χ0v) is 11.6. The van der Waals surface area contributed by atoms with Crippen LogP contribution >= 0.6 is 15.9 Å². The van der Waals surface area contributed by atoms with Crippen LogP contribution in [0.5, 0.6) is 0 Å². The van der Waals surface area contributed by atoms with E-state index in [4.69, 9.17) is 10.2 Å². The van der Waals surface area contributed by atoms with Gasteiger partial charge >= 0.3 is 0 Å². The summed E-state index contributed by atoms with van der Waals surface area (Å²) in [5.41, 5.74) is 8.23. The van der Waals surface area contributed by atoms with Crippen LogP contribution in [0.3, 0.4) is 0 Å². The molecule has 2 nitrogen and oxygen atoms in total. The molecule has 0 aliphatic rings. The van der Waals surface area contributed by atoms with Crippen LogP contribution in [0.2, 0.25) is 0 Å². The summed E-state index contributed by atoms with van der Waals surface area (Å²) >= 11 is 3.65. The minimum absolute atomic E-state index is 0.715. The predicted molar refractivity (Wildman–Crippen MR) is 83.3 cm³/mol. The van der Waals surface area contributed by atoms with Gasteiger partial charge in [-0.1, -0.05) is 24.3 Å². The van der Waals surface area contributed by atoms with Crippen molar-refractivity contribution in [2.75, 3.05) is 5.73 Å². The number of furan rings is 1. The van der Waals surface area contributed by atoms with E-state index < -0.39 is 0 Å². The molecule has 0 saturated heterocycles. The Morgan fingerprint density at radius 3 is 2.63 bits per heavy atom. The van der Waals surface area contributed by atoms with E-state index in [0.717, 1.165) is 31.8 Å². The highest BCUT2D eigenvalue weighted by molar-refractivity contribution is 9.10. The minimum atomic E-state index is 0.715. The number of nitrogens with two attached hydrogens (primary N) is 1. The number of hydrogen-bond acceptors (Lipinski definition) is 2. The second kappa shape index (κ2) is 3.75. The summed E-state index contributed by atoms with van der Waals surface area (Å²) in [5.74, 6) is 0. The van der Waals surface area contributed by atoms with Crippen molar-refractivity contribution in [1.82, 2.24) is 0 Å². The van der Waals surface area contributed by atoms with Crippen molar-refractivity contribution in [1.29, 1.82) is 0 Å². The molecule has 0 fully saturated rings. The van der Waals surface area contributed by atoms with E-state index in [0.29, 0.717) is 5.69 Å². The molecule has 0 radical (unpaired) electrons. The van der Waals surface area contributed by atoms with Gasteiger partial charge in [-0.05, 0) is 44.9 Å². The van der Waals surface area contributed by atoms with Crippen LogP contribution in [0, 0.1) is 0 Å². The second-order valence-electron chi connectivity index (χ2n) is 4.65. The topological polar surface area (TPSA) is 39.2 Å². The molecule has 0 amide bonds. The molecule has 19 heavy (non-hydrogen) atoms. The van der Waals surface area contributed by atoms with Crippen molar-refractivity contribution in [2.24, 2.45) is 0 Å². The molecule has 0 aliphatic carbocycles. The fourth-order valence-electron chi connectivity index (χ4n) is 2.54. The molecule has 0 saturated carbocycles. The van der Waals surface area contributed by atoms with Crippen molar-refractivity contribution < 1.29 is 4.42 Å². The van der Waals surface area contributed by atoms with Gasteiger partial charge in [0.25, 0.3) is 0 Å². The standard InChI is InChI=1S/C16H10BrNO/c17-15-11-4-2-1-3-9(11)7-13-12-6-5-10(18)8-14(12)19-16(13)15/h1-8H,18H2. The molecule has 0 bridgehead atoms. The maximum absolute atomic E-state index is 5.95. The zero-order valence-electron chi connectivity index (χ0n) is 9.98. The van der Waals surface area contributed by atoms with Crippen LogP contribution < -0.4 is 5.73 Å². The maximum atomic E-state index is 5.95. The molecule has 0 spiro atoms. The predicted octanol–water partition coefficient (Wildman–Crippen LogP) is 5.08. The van der Waals surface area contributed by atoms with Gasteiger partial charge < -0.3 is 10.2 Å². The van der Waals surface area contributed by atoms with E-state index in [9.17, 15) is 0 Å². The molecule has 0 unspecified atom stereocenters. The van der Waals surface area contributed by atoms with Gasteiger partial charge in [0.2, 0.25) is 0 Å². The number of nitrogen functional groups attached to an aromatic ring is 1. The molecule has 1 aromatic heterocycles. The highest BCUT2D eigenvalue weighted by Gasteiger charge is 2.12. The van der Waals surface area contributed by atoms with Gasteiger partial charge in [-0.3, -0.25) is 0 Å². The molecule has 2 N–H and O–H groups in total. The molecule has 1 heterocycles. The minimum Gasteiger partial charge on any atom is -0.455 e. The summed E-state index contributed by atoms with van der Waals surface area (Å²) in [6, 6.07) is 16.2. The van der Waals surface area contributed by atoms with E-state index >= 15 is 0 Å². The third kappa shape index (κ3) is 1.48. The Morgan fingerprint density at radius 1 is 0.895 bits per heavy atom. The SMILES string of the molecule is Nc1ccc2c(c1)oc1c(Br)c3ccccc3cc12. The molecule has 3 heteroatoms.